The summed E-state index contributed by atoms with van der Waals surface area (Å²) >= 11 is 0. The fraction of sp³-hybridized carbons (Fsp3) is 0.188. The molecule has 0 aliphatic carbocycles. The van der Waals surface area contributed by atoms with Crippen molar-refractivity contribution in [3.05, 3.63) is 48.5 Å². The van der Waals surface area contributed by atoms with E-state index in [0.717, 1.165) is 0 Å². The van der Waals surface area contributed by atoms with Crippen LogP contribution in [0, 0.1) is 0 Å². The zero-order chi connectivity index (χ0) is 15.2. The Balaban J connectivity index is 2.12. The lowest BCUT2D eigenvalue weighted by Gasteiger charge is -2.10. The van der Waals surface area contributed by atoms with Gasteiger partial charge in [-0.25, -0.2) is 0 Å². The van der Waals surface area contributed by atoms with E-state index in [1.165, 1.54) is 0 Å². The number of carbonyl (C=O) groups is 1. The molecule has 5 nitrogen and oxygen atoms in total. The number of anilines is 1. The summed E-state index contributed by atoms with van der Waals surface area (Å²) in [5.41, 5.74) is 6.16. The number of hydrogen-bond acceptors (Lipinski definition) is 4. The highest BCUT2D eigenvalue weighted by Crippen LogP contribution is 2.26. The van der Waals surface area contributed by atoms with Crippen LogP contribution in [0.1, 0.15) is 6.92 Å². The Kier molecular flexibility index (Phi) is 4.79. The van der Waals surface area contributed by atoms with E-state index in [-0.39, 0.29) is 5.91 Å². The average molecular weight is 286 g/mol. The highest BCUT2D eigenvalue weighted by atomic mass is 16.5. The minimum atomic E-state index is -0.562. The molecule has 21 heavy (non-hydrogen) atoms. The Morgan fingerprint density at radius 3 is 2.38 bits per heavy atom. The summed E-state index contributed by atoms with van der Waals surface area (Å²) in [5, 5.41) is 2.72. The highest BCUT2D eigenvalue weighted by Gasteiger charge is 2.08. The van der Waals surface area contributed by atoms with E-state index in [1.54, 1.807) is 44.4 Å². The maximum Gasteiger partial charge on any atom is 0.241 e. The van der Waals surface area contributed by atoms with Crippen LogP contribution in [0.15, 0.2) is 48.5 Å². The van der Waals surface area contributed by atoms with Crippen molar-refractivity contribution in [3.63, 3.8) is 0 Å². The van der Waals surface area contributed by atoms with Gasteiger partial charge in [-0.05, 0) is 31.2 Å². The van der Waals surface area contributed by atoms with Crippen LogP contribution >= 0.6 is 0 Å². The summed E-state index contributed by atoms with van der Waals surface area (Å²) in [7, 11) is 1.60. The molecule has 0 aromatic heterocycles. The molecule has 3 N–H and O–H groups in total. The van der Waals surface area contributed by atoms with E-state index in [0.29, 0.717) is 22.9 Å². The molecular weight excluding hydrogens is 268 g/mol. The molecule has 1 amide bonds. The maximum absolute atomic E-state index is 11.6. The molecule has 0 spiro atoms. The minimum absolute atomic E-state index is 0.242. The predicted octanol–water partition coefficient (Wildman–Crippen LogP) is 2.77. The van der Waals surface area contributed by atoms with Gasteiger partial charge < -0.3 is 20.5 Å². The monoisotopic (exact) mass is 286 g/mol. The Labute approximate surface area is 123 Å². The Morgan fingerprint density at radius 2 is 1.71 bits per heavy atom. The summed E-state index contributed by atoms with van der Waals surface area (Å²) in [4.78, 5) is 11.6. The maximum atomic E-state index is 11.6. The van der Waals surface area contributed by atoms with Crippen molar-refractivity contribution in [1.82, 2.24) is 0 Å². The Morgan fingerprint density at radius 1 is 1.10 bits per heavy atom. The van der Waals surface area contributed by atoms with Crippen molar-refractivity contribution in [2.45, 2.75) is 13.0 Å². The van der Waals surface area contributed by atoms with E-state index in [1.807, 2.05) is 18.2 Å². The van der Waals surface area contributed by atoms with Crippen LogP contribution in [0.25, 0.3) is 0 Å². The van der Waals surface area contributed by atoms with Gasteiger partial charge in [-0.2, -0.15) is 0 Å². The van der Waals surface area contributed by atoms with Crippen molar-refractivity contribution in [2.75, 3.05) is 12.4 Å². The molecule has 0 fully saturated rings. The van der Waals surface area contributed by atoms with Crippen LogP contribution in [0.4, 0.5) is 5.69 Å². The van der Waals surface area contributed by atoms with Gasteiger partial charge in [-0.1, -0.05) is 12.1 Å². The third kappa shape index (κ3) is 4.22. The molecule has 2 aromatic rings. The van der Waals surface area contributed by atoms with E-state index in [2.05, 4.69) is 5.32 Å². The van der Waals surface area contributed by atoms with Crippen molar-refractivity contribution in [2.24, 2.45) is 5.73 Å². The number of rotatable bonds is 5. The average Bonchev–Trinajstić information content (AvgIpc) is 2.47. The summed E-state index contributed by atoms with van der Waals surface area (Å²) in [6.45, 7) is 1.63. The van der Waals surface area contributed by atoms with Gasteiger partial charge in [-0.15, -0.1) is 0 Å². The number of carbonyl (C=O) groups excluding carboxylic acids is 1. The SMILES string of the molecule is COc1cccc(Oc2cccc(NC(=O)C(C)N)c2)c1. The number of methoxy groups -OCH3 is 1. The van der Waals surface area contributed by atoms with Crippen LogP contribution in [0.2, 0.25) is 0 Å². The van der Waals surface area contributed by atoms with Gasteiger partial charge >= 0.3 is 0 Å². The molecule has 0 saturated carbocycles. The quantitative estimate of drug-likeness (QED) is 0.886. The minimum Gasteiger partial charge on any atom is -0.497 e. The summed E-state index contributed by atoms with van der Waals surface area (Å²) in [6.07, 6.45) is 0. The smallest absolute Gasteiger partial charge is 0.241 e. The second-order valence-corrected chi connectivity index (χ2v) is 4.59. The van der Waals surface area contributed by atoms with E-state index in [9.17, 15) is 4.79 Å². The van der Waals surface area contributed by atoms with Crippen LogP contribution in [0.3, 0.4) is 0 Å². The fourth-order valence-corrected chi connectivity index (χ4v) is 1.69. The lowest BCUT2D eigenvalue weighted by Crippen LogP contribution is -2.32. The predicted molar refractivity (Wildman–Crippen MR) is 81.8 cm³/mol. The van der Waals surface area contributed by atoms with E-state index >= 15 is 0 Å². The molecule has 1 unspecified atom stereocenters. The number of nitrogens with one attached hydrogen (secondary N) is 1. The van der Waals surface area contributed by atoms with Gasteiger partial charge in [0.1, 0.15) is 17.2 Å². The van der Waals surface area contributed by atoms with Gasteiger partial charge in [0.15, 0.2) is 0 Å². The highest BCUT2D eigenvalue weighted by molar-refractivity contribution is 5.94. The van der Waals surface area contributed by atoms with Crippen LogP contribution in [0.5, 0.6) is 17.2 Å². The molecule has 0 bridgehead atoms. The molecule has 2 rings (SSSR count). The molecule has 5 heteroatoms. The number of ether oxygens (including phenoxy) is 2. The van der Waals surface area contributed by atoms with E-state index in [4.69, 9.17) is 15.2 Å². The molecule has 2 aromatic carbocycles. The molecule has 110 valence electrons. The lowest BCUT2D eigenvalue weighted by atomic mass is 10.2. The Hall–Kier alpha value is -2.53. The van der Waals surface area contributed by atoms with E-state index < -0.39 is 6.04 Å². The third-order valence-corrected chi connectivity index (χ3v) is 2.79. The van der Waals surface area contributed by atoms with Crippen LogP contribution in [-0.4, -0.2) is 19.1 Å². The number of benzene rings is 2. The zero-order valence-corrected chi connectivity index (χ0v) is 12.0. The van der Waals surface area contributed by atoms with Crippen LogP contribution in [-0.2, 0) is 4.79 Å². The van der Waals surface area contributed by atoms with Gasteiger partial charge in [0, 0.05) is 17.8 Å². The molecule has 0 heterocycles. The Bertz CT molecular complexity index is 626. The fourth-order valence-electron chi connectivity index (χ4n) is 1.69. The molecular formula is C16H18N2O3. The molecule has 0 saturated heterocycles. The molecule has 0 aliphatic heterocycles. The van der Waals surface area contributed by atoms with Crippen molar-refractivity contribution < 1.29 is 14.3 Å². The van der Waals surface area contributed by atoms with Gasteiger partial charge in [0.25, 0.3) is 0 Å². The second-order valence-electron chi connectivity index (χ2n) is 4.59. The molecule has 0 aliphatic rings. The number of nitrogens with two attached hydrogens (primary N) is 1. The molecule has 0 radical (unpaired) electrons. The molecule has 1 atom stereocenters. The second kappa shape index (κ2) is 6.76. The standard InChI is InChI=1S/C16H18N2O3/c1-11(17)16(19)18-12-5-3-7-14(9-12)21-15-8-4-6-13(10-15)20-2/h3-11H,17H2,1-2H3,(H,18,19). The normalized spacial score (nSPS) is 11.6. The summed E-state index contributed by atoms with van der Waals surface area (Å²) in [6, 6.07) is 13.9. The lowest BCUT2D eigenvalue weighted by molar-refractivity contribution is -0.117. The van der Waals surface area contributed by atoms with Crippen molar-refractivity contribution in [1.29, 1.82) is 0 Å². The van der Waals surface area contributed by atoms with Crippen molar-refractivity contribution >= 4 is 11.6 Å². The summed E-state index contributed by atoms with van der Waals surface area (Å²) < 4.78 is 10.9. The number of hydrogen-bond donors (Lipinski definition) is 2. The number of amides is 1. The first kappa shape index (κ1) is 14.9. The van der Waals surface area contributed by atoms with Gasteiger partial charge in [0.05, 0.1) is 13.2 Å². The first-order valence-corrected chi connectivity index (χ1v) is 6.57. The summed E-state index contributed by atoms with van der Waals surface area (Å²) in [5.74, 6) is 1.75. The first-order chi connectivity index (χ1) is 10.1. The first-order valence-electron chi connectivity index (χ1n) is 6.57. The zero-order valence-electron chi connectivity index (χ0n) is 12.0. The van der Waals surface area contributed by atoms with Gasteiger partial charge in [0.2, 0.25) is 5.91 Å². The topological polar surface area (TPSA) is 73.6 Å². The third-order valence-electron chi connectivity index (χ3n) is 2.79. The largest absolute Gasteiger partial charge is 0.497 e. The van der Waals surface area contributed by atoms with Crippen LogP contribution < -0.4 is 20.5 Å². The van der Waals surface area contributed by atoms with Crippen molar-refractivity contribution in [3.8, 4) is 17.2 Å². The van der Waals surface area contributed by atoms with Gasteiger partial charge in [-0.3, -0.25) is 4.79 Å².